The van der Waals surface area contributed by atoms with Crippen LogP contribution in [0.1, 0.15) is 24.2 Å². The monoisotopic (exact) mass is 344 g/mol. The lowest BCUT2D eigenvalue weighted by Gasteiger charge is -2.24. The van der Waals surface area contributed by atoms with Crippen molar-refractivity contribution < 1.29 is 9.18 Å². The van der Waals surface area contributed by atoms with Gasteiger partial charge in [0.25, 0.3) is 0 Å². The van der Waals surface area contributed by atoms with E-state index in [9.17, 15) is 9.18 Å². The van der Waals surface area contributed by atoms with Gasteiger partial charge in [-0.2, -0.15) is 0 Å². The number of carbonyl (C=O) groups is 1. The molecule has 25 heavy (non-hydrogen) atoms. The molecule has 1 aliphatic rings. The highest BCUT2D eigenvalue weighted by Gasteiger charge is 2.33. The van der Waals surface area contributed by atoms with Crippen molar-refractivity contribution >= 4 is 5.91 Å². The Balaban J connectivity index is 1.73. The third-order valence-electron chi connectivity index (χ3n) is 4.49. The third kappa shape index (κ3) is 4.66. The van der Waals surface area contributed by atoms with Gasteiger partial charge in [0.15, 0.2) is 0 Å². The number of hydrogen-bond donors (Lipinski definition) is 0. The van der Waals surface area contributed by atoms with Crippen LogP contribution in [0.2, 0.25) is 0 Å². The van der Waals surface area contributed by atoms with E-state index in [4.69, 9.17) is 0 Å². The van der Waals surface area contributed by atoms with Crippen molar-refractivity contribution in [2.75, 3.05) is 27.2 Å². The number of nitrogens with zero attached hydrogens (tertiary/aromatic N) is 4. The topological polar surface area (TPSA) is 41.4 Å². The number of rotatable bonds is 8. The van der Waals surface area contributed by atoms with Gasteiger partial charge >= 0.3 is 0 Å². The fraction of sp³-hybridized carbons (Fsp3) is 0.474. The lowest BCUT2D eigenvalue weighted by atomic mass is 10.2. The van der Waals surface area contributed by atoms with Gasteiger partial charge in [-0.3, -0.25) is 4.79 Å². The van der Waals surface area contributed by atoms with Gasteiger partial charge in [0, 0.05) is 37.0 Å². The molecule has 0 saturated heterocycles. The molecular weight excluding hydrogens is 319 g/mol. The Kier molecular flexibility index (Phi) is 5.48. The highest BCUT2D eigenvalue weighted by molar-refractivity contribution is 5.81. The molecule has 6 heteroatoms. The minimum atomic E-state index is -0.222. The summed E-state index contributed by atoms with van der Waals surface area (Å²) >= 11 is 0. The maximum Gasteiger partial charge on any atom is 0.226 e. The number of amides is 1. The smallest absolute Gasteiger partial charge is 0.226 e. The van der Waals surface area contributed by atoms with Crippen LogP contribution in [0, 0.1) is 11.7 Å². The summed E-state index contributed by atoms with van der Waals surface area (Å²) in [6.07, 6.45) is 5.53. The molecule has 1 amide bonds. The van der Waals surface area contributed by atoms with Gasteiger partial charge in [-0.05, 0) is 33.0 Å². The van der Waals surface area contributed by atoms with Crippen LogP contribution in [0.4, 0.5) is 4.39 Å². The van der Waals surface area contributed by atoms with Crippen LogP contribution in [0.5, 0.6) is 0 Å². The second-order valence-corrected chi connectivity index (χ2v) is 6.90. The van der Waals surface area contributed by atoms with E-state index in [1.165, 1.54) is 6.07 Å². The maximum atomic E-state index is 13.9. The highest BCUT2D eigenvalue weighted by atomic mass is 19.1. The number of halogens is 1. The fourth-order valence-corrected chi connectivity index (χ4v) is 2.79. The fourth-order valence-electron chi connectivity index (χ4n) is 2.79. The van der Waals surface area contributed by atoms with Crippen LogP contribution in [-0.4, -0.2) is 52.4 Å². The molecule has 0 aliphatic heterocycles. The molecule has 0 radical (unpaired) electrons. The Hall–Kier alpha value is -2.21. The number of aromatic nitrogens is 2. The molecule has 1 saturated carbocycles. The molecule has 1 aromatic carbocycles. The Morgan fingerprint density at radius 1 is 1.28 bits per heavy atom. The van der Waals surface area contributed by atoms with E-state index < -0.39 is 0 Å². The summed E-state index contributed by atoms with van der Waals surface area (Å²) in [6.45, 7) is 2.37. The lowest BCUT2D eigenvalue weighted by Crippen LogP contribution is -2.37. The van der Waals surface area contributed by atoms with Crippen molar-refractivity contribution in [3.05, 3.63) is 53.9 Å². The van der Waals surface area contributed by atoms with E-state index in [0.717, 1.165) is 25.2 Å². The van der Waals surface area contributed by atoms with E-state index in [2.05, 4.69) is 9.88 Å². The molecule has 0 atom stereocenters. The van der Waals surface area contributed by atoms with Crippen LogP contribution in [0.3, 0.4) is 0 Å². The number of carbonyl (C=O) groups excluding carboxylic acids is 1. The van der Waals surface area contributed by atoms with E-state index in [0.29, 0.717) is 25.2 Å². The number of likely N-dealkylation sites (N-methyl/N-ethyl adjacent to an activating group) is 1. The molecular formula is C19H25FN4O. The minimum Gasteiger partial charge on any atom is -0.334 e. The zero-order valence-corrected chi connectivity index (χ0v) is 14.9. The Labute approximate surface area is 148 Å². The van der Waals surface area contributed by atoms with E-state index >= 15 is 0 Å². The molecule has 134 valence electrons. The van der Waals surface area contributed by atoms with E-state index in [1.54, 1.807) is 18.3 Å². The summed E-state index contributed by atoms with van der Waals surface area (Å²) in [7, 11) is 4.00. The molecule has 5 nitrogen and oxygen atoms in total. The van der Waals surface area contributed by atoms with Crippen molar-refractivity contribution in [2.24, 2.45) is 5.92 Å². The molecule has 0 spiro atoms. The van der Waals surface area contributed by atoms with Crippen molar-refractivity contribution in [3.8, 4) is 0 Å². The zero-order valence-electron chi connectivity index (χ0n) is 14.9. The maximum absolute atomic E-state index is 13.9. The Bertz CT molecular complexity index is 724. The summed E-state index contributed by atoms with van der Waals surface area (Å²) in [5.74, 6) is 0.955. The summed E-state index contributed by atoms with van der Waals surface area (Å²) in [5, 5.41) is 0. The van der Waals surface area contributed by atoms with Gasteiger partial charge in [-0.15, -0.1) is 0 Å². The van der Waals surface area contributed by atoms with Gasteiger partial charge in [-0.25, -0.2) is 9.37 Å². The average molecular weight is 344 g/mol. The number of hydrogen-bond acceptors (Lipinski definition) is 3. The molecule has 0 bridgehead atoms. The molecule has 0 N–H and O–H groups in total. The quantitative estimate of drug-likeness (QED) is 0.738. The molecule has 3 rings (SSSR count). The Morgan fingerprint density at radius 2 is 2.04 bits per heavy atom. The first-order valence-electron chi connectivity index (χ1n) is 8.71. The SMILES string of the molecule is CN(C)CCN(Cc1nccn1Cc1ccccc1F)C(=O)C1CC1. The van der Waals surface area contributed by atoms with Gasteiger partial charge in [0.2, 0.25) is 5.91 Å². The number of imidazole rings is 1. The van der Waals surface area contributed by atoms with E-state index in [-0.39, 0.29) is 17.6 Å². The molecule has 1 fully saturated rings. The third-order valence-corrected chi connectivity index (χ3v) is 4.49. The summed E-state index contributed by atoms with van der Waals surface area (Å²) < 4.78 is 15.8. The van der Waals surface area contributed by atoms with Crippen LogP contribution >= 0.6 is 0 Å². The summed E-state index contributed by atoms with van der Waals surface area (Å²) in [5.41, 5.74) is 0.620. The van der Waals surface area contributed by atoms with Gasteiger partial charge in [0.1, 0.15) is 11.6 Å². The normalized spacial score (nSPS) is 14.1. The van der Waals surface area contributed by atoms with Crippen molar-refractivity contribution in [1.29, 1.82) is 0 Å². The average Bonchev–Trinajstić information content (AvgIpc) is 3.34. The Morgan fingerprint density at radius 3 is 2.72 bits per heavy atom. The minimum absolute atomic E-state index is 0.178. The highest BCUT2D eigenvalue weighted by Crippen LogP contribution is 2.31. The van der Waals surface area contributed by atoms with Gasteiger partial charge in [0.05, 0.1) is 13.1 Å². The van der Waals surface area contributed by atoms with Gasteiger partial charge in [-0.1, -0.05) is 18.2 Å². The molecule has 1 heterocycles. The summed E-state index contributed by atoms with van der Waals surface area (Å²) in [4.78, 5) is 20.9. The summed E-state index contributed by atoms with van der Waals surface area (Å²) in [6, 6.07) is 6.75. The van der Waals surface area contributed by atoms with Crippen LogP contribution in [-0.2, 0) is 17.9 Å². The van der Waals surface area contributed by atoms with Crippen molar-refractivity contribution in [2.45, 2.75) is 25.9 Å². The van der Waals surface area contributed by atoms with Crippen LogP contribution in [0.25, 0.3) is 0 Å². The van der Waals surface area contributed by atoms with Gasteiger partial charge < -0.3 is 14.4 Å². The molecule has 0 unspecified atom stereocenters. The second kappa shape index (κ2) is 7.78. The first-order valence-corrected chi connectivity index (χ1v) is 8.71. The second-order valence-electron chi connectivity index (χ2n) is 6.90. The van der Waals surface area contributed by atoms with Crippen LogP contribution < -0.4 is 0 Å². The molecule has 1 aromatic heterocycles. The predicted molar refractivity (Wildman–Crippen MR) is 94.4 cm³/mol. The lowest BCUT2D eigenvalue weighted by molar-refractivity contribution is -0.133. The zero-order chi connectivity index (χ0) is 17.8. The number of benzene rings is 1. The predicted octanol–water partition coefficient (Wildman–Crippen LogP) is 2.37. The standard InChI is InChI=1S/C19H25FN4O/c1-22(2)11-12-24(19(25)15-7-8-15)14-18-21-9-10-23(18)13-16-5-3-4-6-17(16)20/h3-6,9-10,15H,7-8,11-14H2,1-2H3. The van der Waals surface area contributed by atoms with E-state index in [1.807, 2.05) is 35.8 Å². The first kappa shape index (κ1) is 17.6. The largest absolute Gasteiger partial charge is 0.334 e. The van der Waals surface area contributed by atoms with Crippen LogP contribution in [0.15, 0.2) is 36.7 Å². The molecule has 2 aromatic rings. The molecule has 1 aliphatic carbocycles. The van der Waals surface area contributed by atoms with Crippen molar-refractivity contribution in [3.63, 3.8) is 0 Å². The van der Waals surface area contributed by atoms with Crippen molar-refractivity contribution in [1.82, 2.24) is 19.4 Å². The first-order chi connectivity index (χ1) is 12.0.